The number of fused-ring (bicyclic) bond motifs is 2. The number of amides is 1. The van der Waals surface area contributed by atoms with Crippen molar-refractivity contribution < 1.29 is 14.3 Å². The van der Waals surface area contributed by atoms with Crippen molar-refractivity contribution in [3.8, 4) is 0 Å². The standard InChI is InChI=1S/C23H17NO3S/c25-22(16-27-23(26)15-14-17-8-2-1-3-9-17)24-18-10-4-6-12-20(18)28-21-13-7-5-11-19(21)24/h1-15H,16H2. The molecule has 0 spiro atoms. The van der Waals surface area contributed by atoms with Gasteiger partial charge in [-0.25, -0.2) is 4.79 Å². The molecule has 0 N–H and O–H groups in total. The van der Waals surface area contributed by atoms with E-state index in [1.807, 2.05) is 78.9 Å². The number of rotatable bonds is 4. The lowest BCUT2D eigenvalue weighted by Gasteiger charge is -2.30. The lowest BCUT2D eigenvalue weighted by molar-refractivity contribution is -0.142. The van der Waals surface area contributed by atoms with E-state index < -0.39 is 5.97 Å². The predicted octanol–water partition coefficient (Wildman–Crippen LogP) is 5.07. The number of para-hydroxylation sites is 2. The fourth-order valence-corrected chi connectivity index (χ4v) is 4.01. The average molecular weight is 387 g/mol. The molecule has 1 heterocycles. The molecule has 1 aliphatic heterocycles. The summed E-state index contributed by atoms with van der Waals surface area (Å²) in [5, 5.41) is 0. The first kappa shape index (κ1) is 18.1. The maximum absolute atomic E-state index is 12.9. The third-order valence-corrected chi connectivity index (χ3v) is 5.36. The highest BCUT2D eigenvalue weighted by Gasteiger charge is 2.28. The van der Waals surface area contributed by atoms with E-state index in [0.29, 0.717) is 0 Å². The molecule has 138 valence electrons. The monoisotopic (exact) mass is 387 g/mol. The lowest BCUT2D eigenvalue weighted by Crippen LogP contribution is -2.32. The van der Waals surface area contributed by atoms with Gasteiger partial charge < -0.3 is 4.74 Å². The molecule has 0 atom stereocenters. The Labute approximate surface area is 167 Å². The van der Waals surface area contributed by atoms with Gasteiger partial charge in [0.2, 0.25) is 0 Å². The first-order valence-electron chi connectivity index (χ1n) is 8.81. The summed E-state index contributed by atoms with van der Waals surface area (Å²) >= 11 is 1.62. The Kier molecular flexibility index (Phi) is 5.26. The van der Waals surface area contributed by atoms with Crippen molar-refractivity contribution in [2.75, 3.05) is 11.5 Å². The number of nitrogens with zero attached hydrogens (tertiary/aromatic N) is 1. The molecule has 1 amide bonds. The van der Waals surface area contributed by atoms with Crippen molar-refractivity contribution in [2.45, 2.75) is 9.79 Å². The van der Waals surface area contributed by atoms with Crippen LogP contribution in [0.15, 0.2) is 94.7 Å². The van der Waals surface area contributed by atoms with Crippen molar-refractivity contribution >= 4 is 41.1 Å². The second kappa shape index (κ2) is 8.15. The van der Waals surface area contributed by atoms with Crippen LogP contribution in [0.5, 0.6) is 0 Å². The summed E-state index contributed by atoms with van der Waals surface area (Å²) in [5.41, 5.74) is 2.49. The second-order valence-corrected chi connectivity index (χ2v) is 7.20. The number of carbonyl (C=O) groups excluding carboxylic acids is 2. The molecule has 0 fully saturated rings. The molecular weight excluding hydrogens is 370 g/mol. The third-order valence-electron chi connectivity index (χ3n) is 4.23. The number of anilines is 2. The number of esters is 1. The summed E-state index contributed by atoms with van der Waals surface area (Å²) in [7, 11) is 0. The number of benzene rings is 3. The first-order chi connectivity index (χ1) is 13.7. The minimum atomic E-state index is -0.551. The SMILES string of the molecule is O=C(C=Cc1ccccc1)OCC(=O)N1c2ccccc2Sc2ccccc21. The van der Waals surface area contributed by atoms with Gasteiger partial charge in [0.05, 0.1) is 11.4 Å². The van der Waals surface area contributed by atoms with Crippen LogP contribution in [0.4, 0.5) is 11.4 Å². The van der Waals surface area contributed by atoms with Crippen LogP contribution in [-0.2, 0) is 14.3 Å². The van der Waals surface area contributed by atoms with E-state index in [4.69, 9.17) is 4.74 Å². The molecule has 0 saturated heterocycles. The average Bonchev–Trinajstić information content (AvgIpc) is 2.75. The highest BCUT2D eigenvalue weighted by Crippen LogP contribution is 2.47. The van der Waals surface area contributed by atoms with E-state index in [1.54, 1.807) is 22.7 Å². The summed E-state index contributed by atoms with van der Waals surface area (Å²) in [6, 6.07) is 24.9. The molecule has 0 aliphatic carbocycles. The van der Waals surface area contributed by atoms with Crippen LogP contribution >= 0.6 is 11.8 Å². The summed E-state index contributed by atoms with van der Waals surface area (Å²) in [6.45, 7) is -0.328. The Hall–Kier alpha value is -3.31. The van der Waals surface area contributed by atoms with E-state index in [1.165, 1.54) is 6.08 Å². The van der Waals surface area contributed by atoms with Crippen LogP contribution in [0, 0.1) is 0 Å². The normalized spacial score (nSPS) is 12.4. The molecule has 4 rings (SSSR count). The van der Waals surface area contributed by atoms with Crippen LogP contribution in [0.1, 0.15) is 5.56 Å². The van der Waals surface area contributed by atoms with Crippen LogP contribution < -0.4 is 4.90 Å². The maximum atomic E-state index is 12.9. The number of carbonyl (C=O) groups is 2. The summed E-state index contributed by atoms with van der Waals surface area (Å²) < 4.78 is 5.19. The Morgan fingerprint density at radius 2 is 1.39 bits per heavy atom. The lowest BCUT2D eigenvalue weighted by atomic mass is 10.2. The smallest absolute Gasteiger partial charge is 0.331 e. The summed E-state index contributed by atoms with van der Waals surface area (Å²) in [6.07, 6.45) is 2.99. The molecule has 28 heavy (non-hydrogen) atoms. The number of hydrogen-bond donors (Lipinski definition) is 0. The zero-order chi connectivity index (χ0) is 19.3. The molecule has 3 aromatic carbocycles. The molecule has 5 heteroatoms. The Bertz CT molecular complexity index is 1000. The van der Waals surface area contributed by atoms with E-state index >= 15 is 0 Å². The van der Waals surface area contributed by atoms with Crippen molar-refractivity contribution in [3.63, 3.8) is 0 Å². The highest BCUT2D eigenvalue weighted by atomic mass is 32.2. The van der Waals surface area contributed by atoms with E-state index in [9.17, 15) is 9.59 Å². The molecule has 3 aromatic rings. The molecule has 0 saturated carbocycles. The number of hydrogen-bond acceptors (Lipinski definition) is 4. The minimum Gasteiger partial charge on any atom is -0.452 e. The Morgan fingerprint density at radius 1 is 0.821 bits per heavy atom. The van der Waals surface area contributed by atoms with Crippen LogP contribution in [0.3, 0.4) is 0 Å². The van der Waals surface area contributed by atoms with Crippen LogP contribution in [-0.4, -0.2) is 18.5 Å². The van der Waals surface area contributed by atoms with Gasteiger partial charge in [0.15, 0.2) is 6.61 Å². The van der Waals surface area contributed by atoms with Gasteiger partial charge in [-0.15, -0.1) is 0 Å². The zero-order valence-corrected chi connectivity index (χ0v) is 15.8. The summed E-state index contributed by atoms with van der Waals surface area (Å²) in [4.78, 5) is 28.5. The topological polar surface area (TPSA) is 46.6 Å². The number of ether oxygens (including phenoxy) is 1. The molecule has 0 bridgehead atoms. The van der Waals surface area contributed by atoms with Gasteiger partial charge in [-0.2, -0.15) is 0 Å². The fourth-order valence-electron chi connectivity index (χ4n) is 2.95. The van der Waals surface area contributed by atoms with Gasteiger partial charge in [-0.05, 0) is 35.9 Å². The van der Waals surface area contributed by atoms with Crippen molar-refractivity contribution in [3.05, 3.63) is 90.5 Å². The predicted molar refractivity (Wildman–Crippen MR) is 111 cm³/mol. The van der Waals surface area contributed by atoms with E-state index in [-0.39, 0.29) is 12.5 Å². The summed E-state index contributed by atoms with van der Waals surface area (Å²) in [5.74, 6) is -0.841. The Morgan fingerprint density at radius 3 is 2.04 bits per heavy atom. The van der Waals surface area contributed by atoms with Crippen LogP contribution in [0.2, 0.25) is 0 Å². The van der Waals surface area contributed by atoms with Gasteiger partial charge in [0, 0.05) is 15.9 Å². The minimum absolute atomic E-state index is 0.290. The largest absolute Gasteiger partial charge is 0.452 e. The molecule has 1 aliphatic rings. The van der Waals surface area contributed by atoms with Gasteiger partial charge in [0.25, 0.3) is 5.91 Å². The molecule has 4 nitrogen and oxygen atoms in total. The fraction of sp³-hybridized carbons (Fsp3) is 0.0435. The molecule has 0 radical (unpaired) electrons. The molecule has 0 aromatic heterocycles. The van der Waals surface area contributed by atoms with Crippen molar-refractivity contribution in [1.29, 1.82) is 0 Å². The second-order valence-electron chi connectivity index (χ2n) is 6.12. The van der Waals surface area contributed by atoms with E-state index in [0.717, 1.165) is 26.7 Å². The molecular formula is C23H17NO3S. The maximum Gasteiger partial charge on any atom is 0.331 e. The van der Waals surface area contributed by atoms with Gasteiger partial charge in [-0.3, -0.25) is 9.69 Å². The van der Waals surface area contributed by atoms with Gasteiger partial charge in [-0.1, -0.05) is 66.4 Å². The van der Waals surface area contributed by atoms with Gasteiger partial charge in [0.1, 0.15) is 0 Å². The molecule has 0 unspecified atom stereocenters. The van der Waals surface area contributed by atoms with Crippen molar-refractivity contribution in [1.82, 2.24) is 0 Å². The quantitative estimate of drug-likeness (QED) is 0.463. The third kappa shape index (κ3) is 3.85. The Balaban J connectivity index is 1.49. The first-order valence-corrected chi connectivity index (χ1v) is 9.63. The van der Waals surface area contributed by atoms with Crippen molar-refractivity contribution in [2.24, 2.45) is 0 Å². The zero-order valence-electron chi connectivity index (χ0n) is 14.9. The highest BCUT2D eigenvalue weighted by molar-refractivity contribution is 7.99. The van der Waals surface area contributed by atoms with E-state index in [2.05, 4.69) is 0 Å². The van der Waals surface area contributed by atoms with Crippen LogP contribution in [0.25, 0.3) is 6.08 Å². The van der Waals surface area contributed by atoms with Gasteiger partial charge >= 0.3 is 5.97 Å².